The Morgan fingerprint density at radius 2 is 1.82 bits per heavy atom. The number of fused-ring (bicyclic) bond motifs is 1. The van der Waals surface area contributed by atoms with Crippen molar-refractivity contribution in [3.63, 3.8) is 0 Å². The molecule has 0 atom stereocenters. The van der Waals surface area contributed by atoms with Crippen LogP contribution in [-0.2, 0) is 13.0 Å². The fraction of sp³-hybridized carbons (Fsp3) is 0.273. The van der Waals surface area contributed by atoms with Crippen LogP contribution < -0.4 is 5.32 Å². The number of amides is 1. The van der Waals surface area contributed by atoms with Crippen molar-refractivity contribution >= 4 is 34.8 Å². The van der Waals surface area contributed by atoms with Crippen molar-refractivity contribution in [2.45, 2.75) is 26.3 Å². The summed E-state index contributed by atoms with van der Waals surface area (Å²) in [7, 11) is 0. The lowest BCUT2D eigenvalue weighted by Gasteiger charge is -2.24. The number of carbonyl (C=O) groups excluding carboxylic acids is 1. The minimum Gasteiger partial charge on any atom is -0.298 e. The van der Waals surface area contributed by atoms with Crippen LogP contribution >= 0.6 is 23.7 Å². The highest BCUT2D eigenvalue weighted by Crippen LogP contribution is 2.29. The number of anilines is 1. The van der Waals surface area contributed by atoms with Gasteiger partial charge in [-0.2, -0.15) is 0 Å². The number of carbonyl (C=O) groups is 1. The van der Waals surface area contributed by atoms with Crippen LogP contribution in [0.3, 0.4) is 0 Å². The molecule has 4 nitrogen and oxygen atoms in total. The molecule has 0 aliphatic carbocycles. The molecule has 0 saturated heterocycles. The Labute approximate surface area is 176 Å². The van der Waals surface area contributed by atoms with Gasteiger partial charge in [0.05, 0.1) is 5.69 Å². The number of hydrogen-bond acceptors (Lipinski definition) is 4. The molecular weight excluding hydrogens is 390 g/mol. The Bertz CT molecular complexity index is 925. The van der Waals surface area contributed by atoms with E-state index >= 15 is 0 Å². The lowest BCUT2D eigenvalue weighted by molar-refractivity contribution is 0.102. The van der Waals surface area contributed by atoms with Crippen molar-refractivity contribution < 1.29 is 4.79 Å². The lowest BCUT2D eigenvalue weighted by Crippen LogP contribution is -2.30. The van der Waals surface area contributed by atoms with E-state index in [1.165, 1.54) is 4.88 Å². The van der Waals surface area contributed by atoms with Crippen LogP contribution in [0.5, 0.6) is 0 Å². The number of nitrogens with one attached hydrogen (secondary N) is 1. The highest BCUT2D eigenvalue weighted by Gasteiger charge is 2.21. The molecule has 0 bridgehead atoms. The number of rotatable bonds is 5. The van der Waals surface area contributed by atoms with E-state index in [4.69, 9.17) is 0 Å². The third-order valence-corrected chi connectivity index (χ3v) is 5.82. The zero-order chi connectivity index (χ0) is 18.6. The lowest BCUT2D eigenvalue weighted by atomic mass is 10.0. The summed E-state index contributed by atoms with van der Waals surface area (Å²) in [6.07, 6.45) is 2.13. The topological polar surface area (TPSA) is 45.2 Å². The summed E-state index contributed by atoms with van der Waals surface area (Å²) in [6.45, 7) is 5.32. The van der Waals surface area contributed by atoms with E-state index in [0.717, 1.165) is 49.3 Å². The first kappa shape index (κ1) is 20.5. The SMILES string of the molecule is CCCN1CCc2nc(NC(=O)c3ccc(-c4ccccc4)cc3)sc2C1.Cl. The van der Waals surface area contributed by atoms with Crippen molar-refractivity contribution in [1.29, 1.82) is 0 Å². The molecule has 0 saturated carbocycles. The molecule has 1 amide bonds. The fourth-order valence-electron chi connectivity index (χ4n) is 3.42. The molecule has 2 aromatic carbocycles. The molecule has 4 rings (SSSR count). The quantitative estimate of drug-likeness (QED) is 0.621. The second-order valence-electron chi connectivity index (χ2n) is 6.81. The molecule has 0 unspecified atom stereocenters. The first-order chi connectivity index (χ1) is 13.2. The number of hydrogen-bond donors (Lipinski definition) is 1. The van der Waals surface area contributed by atoms with Crippen LogP contribution in [0.25, 0.3) is 11.1 Å². The standard InChI is InChI=1S/C22H23N3OS.ClH/c1-2-13-25-14-12-19-20(15-25)27-22(23-19)24-21(26)18-10-8-17(9-11-18)16-6-4-3-5-7-16;/h3-11H,2,12-15H2,1H3,(H,23,24,26);1H. The second-order valence-corrected chi connectivity index (χ2v) is 7.90. The van der Waals surface area contributed by atoms with Crippen molar-refractivity contribution in [2.24, 2.45) is 0 Å². The van der Waals surface area contributed by atoms with Gasteiger partial charge in [-0.1, -0.05) is 49.4 Å². The second kappa shape index (κ2) is 9.32. The van der Waals surface area contributed by atoms with Gasteiger partial charge >= 0.3 is 0 Å². The van der Waals surface area contributed by atoms with E-state index < -0.39 is 0 Å². The summed E-state index contributed by atoms with van der Waals surface area (Å²) in [5, 5.41) is 3.68. The zero-order valence-electron chi connectivity index (χ0n) is 15.9. The minimum absolute atomic E-state index is 0. The molecule has 1 aliphatic rings. The maximum atomic E-state index is 12.6. The van der Waals surface area contributed by atoms with Gasteiger partial charge in [0.25, 0.3) is 5.91 Å². The third kappa shape index (κ3) is 4.61. The van der Waals surface area contributed by atoms with E-state index in [-0.39, 0.29) is 18.3 Å². The third-order valence-electron chi connectivity index (χ3n) is 4.82. The van der Waals surface area contributed by atoms with Gasteiger partial charge in [0, 0.05) is 30.0 Å². The number of benzene rings is 2. The molecule has 3 aromatic rings. The van der Waals surface area contributed by atoms with Gasteiger partial charge in [-0.15, -0.1) is 23.7 Å². The van der Waals surface area contributed by atoms with Crippen LogP contribution in [0.15, 0.2) is 54.6 Å². The maximum absolute atomic E-state index is 12.6. The molecule has 0 fully saturated rings. The summed E-state index contributed by atoms with van der Waals surface area (Å²) in [4.78, 5) is 21.0. The van der Waals surface area contributed by atoms with Crippen LogP contribution in [0.2, 0.25) is 0 Å². The summed E-state index contributed by atoms with van der Waals surface area (Å²) in [5.41, 5.74) is 4.04. The van der Waals surface area contributed by atoms with Crippen molar-refractivity contribution in [1.82, 2.24) is 9.88 Å². The van der Waals surface area contributed by atoms with Crippen LogP contribution in [0.4, 0.5) is 5.13 Å². The molecule has 6 heteroatoms. The Morgan fingerprint density at radius 3 is 2.54 bits per heavy atom. The van der Waals surface area contributed by atoms with Crippen LogP contribution in [-0.4, -0.2) is 28.9 Å². The first-order valence-electron chi connectivity index (χ1n) is 9.40. The smallest absolute Gasteiger partial charge is 0.257 e. The molecule has 1 aliphatic heterocycles. The molecular formula is C22H24ClN3OS. The van der Waals surface area contributed by atoms with Crippen molar-refractivity contribution in [3.05, 3.63) is 70.7 Å². The fourth-order valence-corrected chi connectivity index (χ4v) is 4.47. The molecule has 2 heterocycles. The van der Waals surface area contributed by atoms with Crippen molar-refractivity contribution in [2.75, 3.05) is 18.4 Å². The average molecular weight is 414 g/mol. The van der Waals surface area contributed by atoms with Crippen LogP contribution in [0.1, 0.15) is 34.3 Å². The van der Waals surface area contributed by atoms with Gasteiger partial charge < -0.3 is 0 Å². The predicted molar refractivity (Wildman–Crippen MR) is 118 cm³/mol. The highest BCUT2D eigenvalue weighted by molar-refractivity contribution is 7.15. The van der Waals surface area contributed by atoms with Gasteiger partial charge in [-0.05, 0) is 36.2 Å². The number of thiazole rings is 1. The van der Waals surface area contributed by atoms with Gasteiger partial charge in [0.2, 0.25) is 0 Å². The van der Waals surface area contributed by atoms with Gasteiger partial charge in [-0.25, -0.2) is 4.98 Å². The average Bonchev–Trinajstić information content (AvgIpc) is 3.10. The Balaban J connectivity index is 0.00000225. The molecule has 1 N–H and O–H groups in total. The molecule has 0 radical (unpaired) electrons. The molecule has 28 heavy (non-hydrogen) atoms. The molecule has 0 spiro atoms. The van der Waals surface area contributed by atoms with Gasteiger partial charge in [0.15, 0.2) is 5.13 Å². The van der Waals surface area contributed by atoms with Crippen LogP contribution in [0, 0.1) is 0 Å². The van der Waals surface area contributed by atoms with Crippen molar-refractivity contribution in [3.8, 4) is 11.1 Å². The Morgan fingerprint density at radius 1 is 1.11 bits per heavy atom. The molecule has 1 aromatic heterocycles. The Kier molecular flexibility index (Phi) is 6.83. The van der Waals surface area contributed by atoms with E-state index in [1.807, 2.05) is 42.5 Å². The monoisotopic (exact) mass is 413 g/mol. The summed E-state index contributed by atoms with van der Waals surface area (Å²) < 4.78 is 0. The van der Waals surface area contributed by atoms with E-state index in [2.05, 4.69) is 34.3 Å². The largest absolute Gasteiger partial charge is 0.298 e. The number of halogens is 1. The maximum Gasteiger partial charge on any atom is 0.257 e. The van der Waals surface area contributed by atoms with Gasteiger partial charge in [0.1, 0.15) is 0 Å². The number of aromatic nitrogens is 1. The Hall–Kier alpha value is -2.21. The minimum atomic E-state index is -0.105. The van der Waals surface area contributed by atoms with E-state index in [0.29, 0.717) is 10.7 Å². The zero-order valence-corrected chi connectivity index (χ0v) is 17.5. The first-order valence-corrected chi connectivity index (χ1v) is 10.2. The van der Waals surface area contributed by atoms with E-state index in [9.17, 15) is 4.79 Å². The summed E-state index contributed by atoms with van der Waals surface area (Å²) in [6, 6.07) is 17.9. The summed E-state index contributed by atoms with van der Waals surface area (Å²) in [5.74, 6) is -0.105. The summed E-state index contributed by atoms with van der Waals surface area (Å²) >= 11 is 1.60. The predicted octanol–water partition coefficient (Wildman–Crippen LogP) is 5.25. The molecule has 146 valence electrons. The van der Waals surface area contributed by atoms with E-state index in [1.54, 1.807) is 11.3 Å². The number of nitrogens with zero attached hydrogens (tertiary/aromatic N) is 2. The normalized spacial score (nSPS) is 13.5. The highest BCUT2D eigenvalue weighted by atomic mass is 35.5. The van der Waals surface area contributed by atoms with Gasteiger partial charge in [-0.3, -0.25) is 15.0 Å².